The highest BCUT2D eigenvalue weighted by atomic mass is 16.5. The molecule has 212 valence electrons. The summed E-state index contributed by atoms with van der Waals surface area (Å²) in [6, 6.07) is 50.4. The Kier molecular flexibility index (Phi) is 6.51. The maximum absolute atomic E-state index is 9.74. The zero-order valence-electron chi connectivity index (χ0n) is 24.4. The van der Waals surface area contributed by atoms with Gasteiger partial charge in [-0.05, 0) is 72.6 Å². The minimum atomic E-state index is -0.492. The van der Waals surface area contributed by atoms with Crippen LogP contribution in [0, 0.1) is 0 Å². The molecule has 0 aromatic heterocycles. The summed E-state index contributed by atoms with van der Waals surface area (Å²) >= 11 is 0. The lowest BCUT2D eigenvalue weighted by molar-refractivity contribution is 0.202. The number of hydrogen-bond donors (Lipinski definition) is 1. The molecule has 0 spiro atoms. The number of ether oxygens (including phenoxy) is 1. The maximum atomic E-state index is 9.74. The topological polar surface area (TPSA) is 29.5 Å². The number of benzene rings is 7. The van der Waals surface area contributed by atoms with Crippen molar-refractivity contribution in [3.63, 3.8) is 0 Å². The molecule has 7 aromatic rings. The van der Waals surface area contributed by atoms with Crippen LogP contribution in [0.2, 0.25) is 0 Å². The molecule has 2 heteroatoms. The number of aliphatic hydroxyl groups is 1. The number of aliphatic hydroxyl groups excluding tert-OH is 1. The summed E-state index contributed by atoms with van der Waals surface area (Å²) in [6.45, 7) is 0.190. The van der Waals surface area contributed by atoms with Gasteiger partial charge in [-0.2, -0.15) is 0 Å². The second kappa shape index (κ2) is 10.8. The first kappa shape index (κ1) is 26.4. The van der Waals surface area contributed by atoms with E-state index in [4.69, 9.17) is 4.74 Å². The van der Waals surface area contributed by atoms with Crippen molar-refractivity contribution >= 4 is 38.4 Å². The van der Waals surface area contributed by atoms with E-state index in [1.54, 1.807) is 0 Å². The number of allylic oxidation sites excluding steroid dienone is 1. The van der Waals surface area contributed by atoms with Crippen molar-refractivity contribution in [1.82, 2.24) is 0 Å². The molecule has 0 atom stereocenters. The molecular weight excluding hydrogens is 536 g/mol. The number of rotatable bonds is 6. The molecule has 0 fully saturated rings. The van der Waals surface area contributed by atoms with Crippen molar-refractivity contribution in [3.05, 3.63) is 168 Å². The van der Waals surface area contributed by atoms with Gasteiger partial charge in [0.1, 0.15) is 12.4 Å². The average molecular weight is 569 g/mol. The zero-order chi connectivity index (χ0) is 29.5. The van der Waals surface area contributed by atoms with Crippen LogP contribution in [0.25, 0.3) is 49.5 Å². The van der Waals surface area contributed by atoms with Gasteiger partial charge >= 0.3 is 0 Å². The van der Waals surface area contributed by atoms with Crippen molar-refractivity contribution in [2.24, 2.45) is 0 Å². The molecule has 0 bridgehead atoms. The van der Waals surface area contributed by atoms with E-state index in [0.717, 1.165) is 34.1 Å². The van der Waals surface area contributed by atoms with Crippen LogP contribution in [-0.4, -0.2) is 18.3 Å². The van der Waals surface area contributed by atoms with Crippen LogP contribution in [0.4, 0.5) is 0 Å². The molecule has 0 heterocycles. The van der Waals surface area contributed by atoms with Crippen LogP contribution in [0.5, 0.6) is 5.75 Å². The first-order valence-electron chi connectivity index (χ1n) is 15.3. The van der Waals surface area contributed by atoms with Gasteiger partial charge in [0, 0.05) is 5.56 Å². The van der Waals surface area contributed by atoms with Gasteiger partial charge in [0.15, 0.2) is 0 Å². The van der Waals surface area contributed by atoms with Gasteiger partial charge in [-0.25, -0.2) is 0 Å². The Morgan fingerprint density at radius 3 is 1.80 bits per heavy atom. The molecule has 1 aliphatic carbocycles. The monoisotopic (exact) mass is 568 g/mol. The van der Waals surface area contributed by atoms with Crippen LogP contribution in [0.1, 0.15) is 28.7 Å². The lowest BCUT2D eigenvalue weighted by Crippen LogP contribution is -2.32. The summed E-state index contributed by atoms with van der Waals surface area (Å²) in [7, 11) is 0. The molecule has 0 amide bonds. The van der Waals surface area contributed by atoms with E-state index in [1.807, 2.05) is 0 Å². The van der Waals surface area contributed by atoms with E-state index in [2.05, 4.69) is 152 Å². The van der Waals surface area contributed by atoms with Gasteiger partial charge in [0.05, 0.1) is 12.0 Å². The van der Waals surface area contributed by atoms with E-state index < -0.39 is 5.41 Å². The van der Waals surface area contributed by atoms with Crippen molar-refractivity contribution in [2.75, 3.05) is 13.2 Å². The summed E-state index contributed by atoms with van der Waals surface area (Å²) in [5.74, 6) is 0.783. The summed E-state index contributed by atoms with van der Waals surface area (Å²) in [5, 5.41) is 17.0. The fraction of sp³-hybridized carbons (Fsp3) is 0.0952. The van der Waals surface area contributed by atoms with Gasteiger partial charge in [-0.1, -0.05) is 146 Å². The standard InChI is InChI=1S/C42H32O2/c43-27-28-44-39-25-24-31-13-3-6-20-35(31)40(39)36-21-7-16-32-17-10-26-42(41(32)36,37-22-8-14-29-11-1-4-18-33(29)37)38-23-9-15-30-12-2-5-19-34(30)38/h1-25,43H,26-28H2. The summed E-state index contributed by atoms with van der Waals surface area (Å²) in [5.41, 5.74) is 6.79. The molecule has 7 aromatic carbocycles. The Morgan fingerprint density at radius 1 is 0.568 bits per heavy atom. The van der Waals surface area contributed by atoms with Crippen molar-refractivity contribution in [3.8, 4) is 16.9 Å². The summed E-state index contributed by atoms with van der Waals surface area (Å²) in [4.78, 5) is 0. The van der Waals surface area contributed by atoms with Crippen LogP contribution >= 0.6 is 0 Å². The summed E-state index contributed by atoms with van der Waals surface area (Å²) < 4.78 is 6.29. The van der Waals surface area contributed by atoms with Crippen LogP contribution in [-0.2, 0) is 5.41 Å². The first-order chi connectivity index (χ1) is 21.8. The van der Waals surface area contributed by atoms with Gasteiger partial charge < -0.3 is 9.84 Å². The molecule has 1 N–H and O–H groups in total. The molecule has 1 aliphatic rings. The molecule has 8 rings (SSSR count). The van der Waals surface area contributed by atoms with E-state index in [0.29, 0.717) is 0 Å². The quantitative estimate of drug-likeness (QED) is 0.216. The third-order valence-electron chi connectivity index (χ3n) is 9.25. The fourth-order valence-electron chi connectivity index (χ4n) is 7.49. The SMILES string of the molecule is OCCOc1ccc2ccccc2c1-c1cccc2c1C(c1cccc3ccccc13)(c1cccc3ccccc13)CC=C2. The normalized spacial score (nSPS) is 13.8. The minimum absolute atomic E-state index is 0.0438. The van der Waals surface area contributed by atoms with E-state index in [-0.39, 0.29) is 13.2 Å². The first-order valence-corrected chi connectivity index (χ1v) is 15.3. The molecule has 0 saturated carbocycles. The van der Waals surface area contributed by atoms with Gasteiger partial charge in [0.2, 0.25) is 0 Å². The van der Waals surface area contributed by atoms with Crippen LogP contribution < -0.4 is 4.74 Å². The Bertz CT molecular complexity index is 2120. The number of hydrogen-bond acceptors (Lipinski definition) is 2. The van der Waals surface area contributed by atoms with Gasteiger partial charge in [-0.3, -0.25) is 0 Å². The van der Waals surface area contributed by atoms with Crippen LogP contribution in [0.3, 0.4) is 0 Å². The molecule has 2 nitrogen and oxygen atoms in total. The molecule has 0 radical (unpaired) electrons. The van der Waals surface area contributed by atoms with E-state index in [1.165, 1.54) is 43.8 Å². The average Bonchev–Trinajstić information content (AvgIpc) is 3.09. The molecular formula is C42H32O2. The highest BCUT2D eigenvalue weighted by molar-refractivity contribution is 6.03. The second-order valence-corrected chi connectivity index (χ2v) is 11.6. The Labute approximate surface area is 257 Å². The van der Waals surface area contributed by atoms with Crippen molar-refractivity contribution in [1.29, 1.82) is 0 Å². The third kappa shape index (κ3) is 4.06. The molecule has 0 aliphatic heterocycles. The lowest BCUT2D eigenvalue weighted by atomic mass is 9.60. The van der Waals surface area contributed by atoms with Crippen LogP contribution in [0.15, 0.2) is 146 Å². The van der Waals surface area contributed by atoms with E-state index >= 15 is 0 Å². The highest BCUT2D eigenvalue weighted by Gasteiger charge is 2.42. The smallest absolute Gasteiger partial charge is 0.127 e. The predicted octanol–water partition coefficient (Wildman–Crippen LogP) is 9.94. The third-order valence-corrected chi connectivity index (χ3v) is 9.25. The van der Waals surface area contributed by atoms with Crippen molar-refractivity contribution < 1.29 is 9.84 Å². The van der Waals surface area contributed by atoms with Gasteiger partial charge in [-0.15, -0.1) is 0 Å². The van der Waals surface area contributed by atoms with Gasteiger partial charge in [0.25, 0.3) is 0 Å². The summed E-state index contributed by atoms with van der Waals surface area (Å²) in [6.07, 6.45) is 5.45. The maximum Gasteiger partial charge on any atom is 0.127 e. The lowest BCUT2D eigenvalue weighted by Gasteiger charge is -2.41. The fourth-order valence-corrected chi connectivity index (χ4v) is 7.49. The largest absolute Gasteiger partial charge is 0.491 e. The van der Waals surface area contributed by atoms with E-state index in [9.17, 15) is 5.11 Å². The second-order valence-electron chi connectivity index (χ2n) is 11.6. The molecule has 0 saturated heterocycles. The minimum Gasteiger partial charge on any atom is -0.491 e. The Morgan fingerprint density at radius 2 is 1.14 bits per heavy atom. The molecule has 0 unspecified atom stereocenters. The molecule has 44 heavy (non-hydrogen) atoms. The Hall–Kier alpha value is -5.18. The Balaban J connectivity index is 1.56. The number of fused-ring (bicyclic) bond motifs is 4. The zero-order valence-corrected chi connectivity index (χ0v) is 24.4. The van der Waals surface area contributed by atoms with Crippen molar-refractivity contribution in [2.45, 2.75) is 11.8 Å². The highest BCUT2D eigenvalue weighted by Crippen LogP contribution is 2.54. The predicted molar refractivity (Wildman–Crippen MR) is 183 cm³/mol.